The van der Waals surface area contributed by atoms with E-state index in [9.17, 15) is 0 Å². The Morgan fingerprint density at radius 3 is 2.86 bits per heavy atom. The first-order chi connectivity index (χ1) is 10.2. The monoisotopic (exact) mass is 309 g/mol. The van der Waals surface area contributed by atoms with Gasteiger partial charge in [-0.05, 0) is 30.9 Å². The van der Waals surface area contributed by atoms with Gasteiger partial charge in [-0.3, -0.25) is 0 Å². The van der Waals surface area contributed by atoms with E-state index >= 15 is 0 Å². The summed E-state index contributed by atoms with van der Waals surface area (Å²) in [6.07, 6.45) is 2.42. The lowest BCUT2D eigenvalue weighted by atomic mass is 10.2. The van der Waals surface area contributed by atoms with Crippen molar-refractivity contribution in [2.45, 2.75) is 19.4 Å². The van der Waals surface area contributed by atoms with E-state index in [1.807, 2.05) is 0 Å². The van der Waals surface area contributed by atoms with Crippen LogP contribution in [0.2, 0.25) is 5.02 Å². The summed E-state index contributed by atoms with van der Waals surface area (Å²) >= 11 is 6.29. The largest absolute Gasteiger partial charge is 0.493 e. The third-order valence-corrected chi connectivity index (χ3v) is 3.57. The summed E-state index contributed by atoms with van der Waals surface area (Å²) < 4.78 is 16.1. The molecule has 6 nitrogen and oxygen atoms in total. The molecule has 0 bridgehead atoms. The van der Waals surface area contributed by atoms with Crippen molar-refractivity contribution in [2.75, 3.05) is 13.7 Å². The van der Waals surface area contributed by atoms with E-state index < -0.39 is 0 Å². The van der Waals surface area contributed by atoms with Crippen LogP contribution in [0.15, 0.2) is 16.7 Å². The normalized spacial score (nSPS) is 14.2. The smallest absolute Gasteiger partial charge is 0.240 e. The van der Waals surface area contributed by atoms with Gasteiger partial charge in [0.25, 0.3) is 0 Å². The van der Waals surface area contributed by atoms with Gasteiger partial charge in [-0.25, -0.2) is 0 Å². The Labute approximate surface area is 127 Å². The maximum atomic E-state index is 6.29. The first-order valence-electron chi connectivity index (χ1n) is 6.74. The maximum Gasteiger partial charge on any atom is 0.240 e. The Morgan fingerprint density at radius 1 is 1.43 bits per heavy atom. The highest BCUT2D eigenvalue weighted by Gasteiger charge is 2.24. The van der Waals surface area contributed by atoms with Crippen molar-refractivity contribution in [1.82, 2.24) is 10.1 Å². The lowest BCUT2D eigenvalue weighted by Crippen LogP contribution is -2.02. The van der Waals surface area contributed by atoms with Gasteiger partial charge in [-0.2, -0.15) is 4.98 Å². The average molecular weight is 310 g/mol. The number of aromatic nitrogens is 2. The zero-order chi connectivity index (χ0) is 14.8. The lowest BCUT2D eigenvalue weighted by molar-refractivity contribution is 0.280. The Morgan fingerprint density at radius 2 is 2.24 bits per heavy atom. The van der Waals surface area contributed by atoms with E-state index in [-0.39, 0.29) is 6.54 Å². The average Bonchev–Trinajstić information content (AvgIpc) is 3.19. The first-order valence-corrected chi connectivity index (χ1v) is 7.12. The molecule has 2 N–H and O–H groups in total. The highest BCUT2D eigenvalue weighted by Crippen LogP contribution is 2.40. The molecular formula is C14H16ClN3O3. The Balaban J connectivity index is 1.89. The van der Waals surface area contributed by atoms with Crippen LogP contribution in [0.3, 0.4) is 0 Å². The summed E-state index contributed by atoms with van der Waals surface area (Å²) in [5, 5.41) is 4.33. The molecule has 1 aliphatic carbocycles. The molecule has 0 atom stereocenters. The van der Waals surface area contributed by atoms with Crippen molar-refractivity contribution < 1.29 is 14.0 Å². The second kappa shape index (κ2) is 5.91. The molecule has 0 saturated heterocycles. The molecule has 7 heteroatoms. The molecule has 112 valence electrons. The quantitative estimate of drug-likeness (QED) is 0.883. The highest BCUT2D eigenvalue weighted by molar-refractivity contribution is 6.32. The van der Waals surface area contributed by atoms with E-state index in [0.29, 0.717) is 46.3 Å². The Hall–Kier alpha value is -1.79. The molecule has 1 aromatic carbocycles. The minimum atomic E-state index is 0.195. The summed E-state index contributed by atoms with van der Waals surface area (Å²) in [6.45, 7) is 0.857. The van der Waals surface area contributed by atoms with Gasteiger partial charge in [0.05, 0.1) is 25.3 Å². The molecule has 1 fully saturated rings. The van der Waals surface area contributed by atoms with Crippen molar-refractivity contribution in [1.29, 1.82) is 0 Å². The number of halogens is 1. The van der Waals surface area contributed by atoms with E-state index in [4.69, 9.17) is 31.3 Å². The number of ether oxygens (including phenoxy) is 2. The number of nitrogens with two attached hydrogens (primary N) is 1. The number of hydrogen-bond acceptors (Lipinski definition) is 6. The topological polar surface area (TPSA) is 83.4 Å². The van der Waals surface area contributed by atoms with Crippen molar-refractivity contribution in [3.63, 3.8) is 0 Å². The second-order valence-electron chi connectivity index (χ2n) is 4.96. The first kappa shape index (κ1) is 14.2. The van der Waals surface area contributed by atoms with Crippen LogP contribution in [0.5, 0.6) is 11.5 Å². The molecule has 3 rings (SSSR count). The molecule has 2 aromatic rings. The van der Waals surface area contributed by atoms with Crippen molar-refractivity contribution >= 4 is 11.6 Å². The van der Waals surface area contributed by atoms with Gasteiger partial charge in [-0.15, -0.1) is 0 Å². The van der Waals surface area contributed by atoms with Gasteiger partial charge in [0, 0.05) is 5.56 Å². The predicted octanol–water partition coefficient (Wildman–Crippen LogP) is 2.65. The molecule has 0 amide bonds. The number of methoxy groups -OCH3 is 1. The molecule has 21 heavy (non-hydrogen) atoms. The second-order valence-corrected chi connectivity index (χ2v) is 5.37. The van der Waals surface area contributed by atoms with Crippen LogP contribution in [0.1, 0.15) is 18.7 Å². The van der Waals surface area contributed by atoms with Crippen molar-refractivity contribution in [2.24, 2.45) is 11.7 Å². The van der Waals surface area contributed by atoms with Gasteiger partial charge in [0.15, 0.2) is 11.5 Å². The third-order valence-electron chi connectivity index (χ3n) is 3.29. The fourth-order valence-electron chi connectivity index (χ4n) is 1.93. The summed E-state index contributed by atoms with van der Waals surface area (Å²) in [5.41, 5.74) is 6.15. The van der Waals surface area contributed by atoms with Gasteiger partial charge in [0.1, 0.15) is 0 Å². The number of hydrogen-bond donors (Lipinski definition) is 1. The lowest BCUT2D eigenvalue weighted by Gasteiger charge is -2.13. The van der Waals surface area contributed by atoms with Gasteiger partial charge < -0.3 is 19.7 Å². The Bertz CT molecular complexity index is 640. The van der Waals surface area contributed by atoms with Crippen molar-refractivity contribution in [3.05, 3.63) is 23.0 Å². The molecule has 0 aliphatic heterocycles. The molecule has 1 saturated carbocycles. The van der Waals surface area contributed by atoms with Gasteiger partial charge in [0.2, 0.25) is 11.7 Å². The molecule has 1 aromatic heterocycles. The van der Waals surface area contributed by atoms with Crippen LogP contribution >= 0.6 is 11.6 Å². The summed E-state index contributed by atoms with van der Waals surface area (Å²) in [4.78, 5) is 4.17. The summed E-state index contributed by atoms with van der Waals surface area (Å²) in [5.74, 6) is 2.53. The van der Waals surface area contributed by atoms with Gasteiger partial charge in [-0.1, -0.05) is 16.8 Å². The van der Waals surface area contributed by atoms with Crippen LogP contribution in [0.4, 0.5) is 0 Å². The molecule has 0 radical (unpaired) electrons. The van der Waals surface area contributed by atoms with Crippen LogP contribution < -0.4 is 15.2 Å². The summed E-state index contributed by atoms with van der Waals surface area (Å²) in [7, 11) is 1.57. The van der Waals surface area contributed by atoms with Crippen LogP contribution in [0, 0.1) is 5.92 Å². The Kier molecular flexibility index (Phi) is 3.98. The maximum absolute atomic E-state index is 6.29. The van der Waals surface area contributed by atoms with Crippen molar-refractivity contribution in [3.8, 4) is 22.9 Å². The number of nitrogens with zero attached hydrogens (tertiary/aromatic N) is 2. The molecule has 1 aliphatic rings. The van der Waals surface area contributed by atoms with Crippen LogP contribution in [-0.2, 0) is 6.54 Å². The zero-order valence-electron chi connectivity index (χ0n) is 11.6. The molecule has 0 unspecified atom stereocenters. The van der Waals surface area contributed by atoms with E-state index in [1.165, 1.54) is 12.8 Å². The third kappa shape index (κ3) is 3.11. The number of benzene rings is 1. The minimum absolute atomic E-state index is 0.195. The standard InChI is InChI=1S/C14H16ClN3O3/c1-19-11-5-9(14-17-12(6-16)21-18-14)4-10(15)13(11)20-7-8-2-3-8/h4-5,8H,2-3,6-7,16H2,1H3. The molecule has 0 spiro atoms. The SMILES string of the molecule is COc1cc(-c2noc(CN)n2)cc(Cl)c1OCC1CC1. The zero-order valence-corrected chi connectivity index (χ0v) is 12.4. The predicted molar refractivity (Wildman–Crippen MR) is 77.4 cm³/mol. The van der Waals surface area contributed by atoms with Crippen LogP contribution in [-0.4, -0.2) is 23.9 Å². The van der Waals surface area contributed by atoms with E-state index in [0.717, 1.165) is 0 Å². The molecule has 1 heterocycles. The number of rotatable bonds is 6. The highest BCUT2D eigenvalue weighted by atomic mass is 35.5. The van der Waals surface area contributed by atoms with E-state index in [2.05, 4.69) is 10.1 Å². The van der Waals surface area contributed by atoms with E-state index in [1.54, 1.807) is 19.2 Å². The fraction of sp³-hybridized carbons (Fsp3) is 0.429. The van der Waals surface area contributed by atoms with Gasteiger partial charge >= 0.3 is 0 Å². The fourth-order valence-corrected chi connectivity index (χ4v) is 2.19. The van der Waals surface area contributed by atoms with Crippen LogP contribution in [0.25, 0.3) is 11.4 Å². The minimum Gasteiger partial charge on any atom is -0.493 e. The molecular weight excluding hydrogens is 294 g/mol. The summed E-state index contributed by atoms with van der Waals surface area (Å²) in [6, 6.07) is 3.51.